The number of aryl methyl sites for hydroxylation is 1. The zero-order valence-corrected chi connectivity index (χ0v) is 16.0. The zero-order chi connectivity index (χ0) is 19.4. The molecule has 3 atom stereocenters. The summed E-state index contributed by atoms with van der Waals surface area (Å²) < 4.78 is 23.8. The van der Waals surface area contributed by atoms with Crippen LogP contribution < -0.4 is 5.32 Å². The summed E-state index contributed by atoms with van der Waals surface area (Å²) in [5.74, 6) is -0.962. The number of rotatable bonds is 5. The molecule has 1 aromatic rings. The smallest absolute Gasteiger partial charge is 0.408 e. The van der Waals surface area contributed by atoms with Crippen LogP contribution in [0.15, 0.2) is 18.2 Å². The highest BCUT2D eigenvalue weighted by Crippen LogP contribution is 2.25. The molecule has 0 aromatic heterocycles. The maximum Gasteiger partial charge on any atom is 0.408 e. The van der Waals surface area contributed by atoms with Crippen molar-refractivity contribution in [3.63, 3.8) is 0 Å². The van der Waals surface area contributed by atoms with Crippen LogP contribution in [0.25, 0.3) is 0 Å². The minimum absolute atomic E-state index is 0.113. The van der Waals surface area contributed by atoms with Crippen LogP contribution in [0.3, 0.4) is 0 Å². The van der Waals surface area contributed by atoms with E-state index in [1.807, 2.05) is 13.8 Å². The van der Waals surface area contributed by atoms with Crippen LogP contribution in [-0.4, -0.2) is 29.8 Å². The van der Waals surface area contributed by atoms with E-state index in [-0.39, 0.29) is 11.7 Å². The normalized spacial score (nSPS) is 15.0. The van der Waals surface area contributed by atoms with Crippen LogP contribution in [0, 0.1) is 12.7 Å². The summed E-state index contributed by atoms with van der Waals surface area (Å²) in [6.07, 6.45) is -1.11. The molecule has 0 bridgehead atoms. The van der Waals surface area contributed by atoms with E-state index in [1.54, 1.807) is 33.8 Å². The number of amides is 1. The lowest BCUT2D eigenvalue weighted by molar-refractivity contribution is -0.151. The number of carbonyl (C=O) groups is 2. The summed E-state index contributed by atoms with van der Waals surface area (Å²) >= 11 is 0. The molecule has 0 heterocycles. The van der Waals surface area contributed by atoms with E-state index in [0.29, 0.717) is 0 Å². The first-order valence-corrected chi connectivity index (χ1v) is 8.36. The summed E-state index contributed by atoms with van der Waals surface area (Å²) in [4.78, 5) is 23.9. The van der Waals surface area contributed by atoms with Gasteiger partial charge in [0, 0.05) is 5.92 Å². The van der Waals surface area contributed by atoms with Crippen molar-refractivity contribution in [2.75, 3.05) is 0 Å². The predicted octanol–water partition coefficient (Wildman–Crippen LogP) is 4.08. The molecule has 140 valence electrons. The number of benzene rings is 1. The second-order valence-electron chi connectivity index (χ2n) is 7.30. The van der Waals surface area contributed by atoms with E-state index < -0.39 is 29.8 Å². The standard InChI is InChI=1S/C19H28FNO4/c1-11-10-15(20)8-9-16(11)12(2)14(4)24-17(22)13(3)21-18(23)25-19(5,6)7/h8-10,12-14H,1-7H3,(H,21,23)/t12-,13+,14+/m0/s1. The van der Waals surface area contributed by atoms with Gasteiger partial charge in [0.2, 0.25) is 0 Å². The molecule has 1 rings (SSSR count). The highest BCUT2D eigenvalue weighted by atomic mass is 19.1. The van der Waals surface area contributed by atoms with Crippen LogP contribution in [0.4, 0.5) is 9.18 Å². The molecule has 0 fully saturated rings. The summed E-state index contributed by atoms with van der Waals surface area (Å²) in [6, 6.07) is 3.70. The van der Waals surface area contributed by atoms with Crippen molar-refractivity contribution in [1.82, 2.24) is 5.32 Å². The van der Waals surface area contributed by atoms with Crippen molar-refractivity contribution in [2.45, 2.75) is 72.1 Å². The van der Waals surface area contributed by atoms with Crippen LogP contribution >= 0.6 is 0 Å². The number of hydrogen-bond acceptors (Lipinski definition) is 4. The number of ether oxygens (including phenoxy) is 2. The predicted molar refractivity (Wildman–Crippen MR) is 93.9 cm³/mol. The average molecular weight is 353 g/mol. The lowest BCUT2D eigenvalue weighted by Crippen LogP contribution is -2.43. The molecular weight excluding hydrogens is 325 g/mol. The fourth-order valence-corrected chi connectivity index (χ4v) is 2.33. The maximum absolute atomic E-state index is 13.2. The molecule has 1 amide bonds. The molecule has 0 aliphatic carbocycles. The summed E-state index contributed by atoms with van der Waals surface area (Å²) in [7, 11) is 0. The summed E-state index contributed by atoms with van der Waals surface area (Å²) in [6.45, 7) is 12.2. The van der Waals surface area contributed by atoms with Gasteiger partial charge >= 0.3 is 12.1 Å². The number of hydrogen-bond donors (Lipinski definition) is 1. The summed E-state index contributed by atoms with van der Waals surface area (Å²) in [5.41, 5.74) is 1.07. The fraction of sp³-hybridized carbons (Fsp3) is 0.579. The molecule has 1 N–H and O–H groups in total. The Balaban J connectivity index is 2.64. The number of halogens is 1. The van der Waals surface area contributed by atoms with Gasteiger partial charge in [0.1, 0.15) is 23.6 Å². The van der Waals surface area contributed by atoms with Crippen molar-refractivity contribution >= 4 is 12.1 Å². The lowest BCUT2D eigenvalue weighted by atomic mass is 9.92. The molecule has 0 aliphatic heterocycles. The van der Waals surface area contributed by atoms with E-state index in [0.717, 1.165) is 11.1 Å². The molecule has 0 unspecified atom stereocenters. The third-order valence-electron chi connectivity index (χ3n) is 3.82. The third kappa shape index (κ3) is 6.72. The van der Waals surface area contributed by atoms with Gasteiger partial charge in [-0.3, -0.25) is 0 Å². The Bertz CT molecular complexity index is 624. The number of esters is 1. The number of carbonyl (C=O) groups excluding carboxylic acids is 2. The van der Waals surface area contributed by atoms with E-state index >= 15 is 0 Å². The van der Waals surface area contributed by atoms with Gasteiger partial charge in [-0.2, -0.15) is 0 Å². The van der Waals surface area contributed by atoms with Crippen molar-refractivity contribution in [2.24, 2.45) is 0 Å². The molecule has 25 heavy (non-hydrogen) atoms. The number of nitrogens with one attached hydrogen (secondary N) is 1. The van der Waals surface area contributed by atoms with Crippen LogP contribution in [0.2, 0.25) is 0 Å². The molecular formula is C19H28FNO4. The van der Waals surface area contributed by atoms with Gasteiger partial charge in [0.15, 0.2) is 0 Å². The average Bonchev–Trinajstić information content (AvgIpc) is 2.44. The molecule has 0 radical (unpaired) electrons. The minimum atomic E-state index is -0.834. The van der Waals surface area contributed by atoms with Crippen molar-refractivity contribution in [3.8, 4) is 0 Å². The Morgan fingerprint density at radius 2 is 1.76 bits per heavy atom. The molecule has 0 saturated carbocycles. The Morgan fingerprint density at radius 1 is 1.16 bits per heavy atom. The van der Waals surface area contributed by atoms with Crippen molar-refractivity contribution in [1.29, 1.82) is 0 Å². The number of alkyl carbamates (subject to hydrolysis) is 1. The Kier molecular flexibility index (Phi) is 6.96. The van der Waals surface area contributed by atoms with E-state index in [1.165, 1.54) is 19.1 Å². The molecule has 1 aromatic carbocycles. The second-order valence-corrected chi connectivity index (χ2v) is 7.30. The van der Waals surface area contributed by atoms with Gasteiger partial charge in [0.05, 0.1) is 0 Å². The van der Waals surface area contributed by atoms with Gasteiger partial charge in [-0.1, -0.05) is 13.0 Å². The Labute approximate surface area is 148 Å². The van der Waals surface area contributed by atoms with Crippen molar-refractivity contribution < 1.29 is 23.5 Å². The van der Waals surface area contributed by atoms with E-state index in [2.05, 4.69) is 5.32 Å². The highest BCUT2D eigenvalue weighted by molar-refractivity contribution is 5.81. The molecule has 0 spiro atoms. The molecule has 0 saturated heterocycles. The van der Waals surface area contributed by atoms with Crippen LogP contribution in [0.1, 0.15) is 58.6 Å². The Hall–Kier alpha value is -2.11. The molecule has 5 nitrogen and oxygen atoms in total. The van der Waals surface area contributed by atoms with E-state index in [4.69, 9.17) is 9.47 Å². The third-order valence-corrected chi connectivity index (χ3v) is 3.82. The van der Waals surface area contributed by atoms with Gasteiger partial charge in [-0.05, 0) is 64.8 Å². The summed E-state index contributed by atoms with van der Waals surface area (Å²) in [5, 5.41) is 2.45. The van der Waals surface area contributed by atoms with Crippen LogP contribution in [-0.2, 0) is 14.3 Å². The topological polar surface area (TPSA) is 64.6 Å². The van der Waals surface area contributed by atoms with Gasteiger partial charge in [0.25, 0.3) is 0 Å². The largest absolute Gasteiger partial charge is 0.461 e. The Morgan fingerprint density at radius 3 is 2.28 bits per heavy atom. The molecule has 6 heteroatoms. The lowest BCUT2D eigenvalue weighted by Gasteiger charge is -2.25. The quantitative estimate of drug-likeness (QED) is 0.810. The fourth-order valence-electron chi connectivity index (χ4n) is 2.33. The minimum Gasteiger partial charge on any atom is -0.461 e. The first kappa shape index (κ1) is 20.9. The highest BCUT2D eigenvalue weighted by Gasteiger charge is 2.25. The van der Waals surface area contributed by atoms with Gasteiger partial charge in [-0.15, -0.1) is 0 Å². The maximum atomic E-state index is 13.2. The first-order valence-electron chi connectivity index (χ1n) is 8.36. The SMILES string of the molecule is Cc1cc(F)ccc1[C@@H](C)[C@@H](C)OC(=O)[C@@H](C)NC(=O)OC(C)(C)C. The molecule has 0 aliphatic rings. The van der Waals surface area contributed by atoms with E-state index in [9.17, 15) is 14.0 Å². The van der Waals surface area contributed by atoms with Crippen LogP contribution in [0.5, 0.6) is 0 Å². The van der Waals surface area contributed by atoms with Gasteiger partial charge < -0.3 is 14.8 Å². The first-order chi connectivity index (χ1) is 11.4. The zero-order valence-electron chi connectivity index (χ0n) is 16.0. The van der Waals surface area contributed by atoms with Gasteiger partial charge in [-0.25, -0.2) is 14.0 Å². The van der Waals surface area contributed by atoms with Crippen molar-refractivity contribution in [3.05, 3.63) is 35.1 Å². The monoisotopic (exact) mass is 353 g/mol. The second kappa shape index (κ2) is 8.32.